The Labute approximate surface area is 87.4 Å². The van der Waals surface area contributed by atoms with Crippen molar-refractivity contribution < 1.29 is 0 Å². The normalized spacial score (nSPS) is 16.6. The van der Waals surface area contributed by atoms with Crippen LogP contribution in [-0.2, 0) is 6.42 Å². The van der Waals surface area contributed by atoms with Crippen molar-refractivity contribution in [3.05, 3.63) is 5.01 Å². The molecule has 0 saturated carbocycles. The quantitative estimate of drug-likeness (QED) is 0.740. The molecule has 4 nitrogen and oxygen atoms in total. The van der Waals surface area contributed by atoms with E-state index in [0.717, 1.165) is 24.0 Å². The Bertz CT molecular complexity index is 335. The second-order valence-corrected chi connectivity index (χ2v) is 4.21. The first kappa shape index (κ1) is 9.41. The van der Waals surface area contributed by atoms with Gasteiger partial charge in [0.1, 0.15) is 5.01 Å². The molecule has 0 aliphatic carbocycles. The monoisotopic (exact) mass is 208 g/mol. The molecule has 2 rings (SSSR count). The fourth-order valence-electron chi connectivity index (χ4n) is 1.61. The molecule has 0 aromatic carbocycles. The molecule has 0 atom stereocenters. The van der Waals surface area contributed by atoms with E-state index in [0.29, 0.717) is 6.42 Å². The van der Waals surface area contributed by atoms with Crippen molar-refractivity contribution in [2.75, 3.05) is 18.0 Å². The first-order valence-corrected chi connectivity index (χ1v) is 5.62. The lowest BCUT2D eigenvalue weighted by Crippen LogP contribution is -2.30. The third-order valence-electron chi connectivity index (χ3n) is 2.33. The van der Waals surface area contributed by atoms with Crippen LogP contribution in [0.25, 0.3) is 0 Å². The lowest BCUT2D eigenvalue weighted by atomic mass is 10.1. The van der Waals surface area contributed by atoms with Gasteiger partial charge in [-0.05, 0) is 30.8 Å². The third-order valence-corrected chi connectivity index (χ3v) is 3.03. The summed E-state index contributed by atoms with van der Waals surface area (Å²) in [6.07, 6.45) is 4.15. The van der Waals surface area contributed by atoms with E-state index in [1.165, 1.54) is 30.8 Å². The Kier molecular flexibility index (Phi) is 2.94. The Balaban J connectivity index is 2.04. The van der Waals surface area contributed by atoms with Gasteiger partial charge in [0.2, 0.25) is 5.95 Å². The molecule has 74 valence electrons. The summed E-state index contributed by atoms with van der Waals surface area (Å²) in [4.78, 5) is 6.54. The summed E-state index contributed by atoms with van der Waals surface area (Å²) >= 11 is 1.34. The summed E-state index contributed by atoms with van der Waals surface area (Å²) in [5, 5.41) is 9.34. The highest BCUT2D eigenvalue weighted by Crippen LogP contribution is 2.18. The molecule has 1 aromatic heterocycles. The minimum atomic E-state index is 0.380. The molecule has 0 bridgehead atoms. The largest absolute Gasteiger partial charge is 0.340 e. The molecule has 1 saturated heterocycles. The Morgan fingerprint density at radius 1 is 1.36 bits per heavy atom. The number of nitrogens with zero attached hydrogens (tertiary/aromatic N) is 4. The number of piperidine rings is 1. The molecule has 14 heavy (non-hydrogen) atoms. The summed E-state index contributed by atoms with van der Waals surface area (Å²) in [5.41, 5.74) is 0. The van der Waals surface area contributed by atoms with Gasteiger partial charge >= 0.3 is 0 Å². The van der Waals surface area contributed by atoms with Gasteiger partial charge in [-0.15, -0.1) is 0 Å². The topological polar surface area (TPSA) is 52.8 Å². The zero-order valence-electron chi connectivity index (χ0n) is 7.94. The van der Waals surface area contributed by atoms with E-state index in [-0.39, 0.29) is 0 Å². The maximum absolute atomic E-state index is 8.51. The Morgan fingerprint density at radius 2 is 2.14 bits per heavy atom. The van der Waals surface area contributed by atoms with Crippen molar-refractivity contribution >= 4 is 17.5 Å². The number of anilines is 1. The summed E-state index contributed by atoms with van der Waals surface area (Å²) in [5.74, 6) is 0.819. The second kappa shape index (κ2) is 4.38. The Hall–Kier alpha value is -1.15. The molecular formula is C9H12N4S. The molecule has 0 spiro atoms. The number of nitriles is 1. The molecule has 0 amide bonds. The maximum Gasteiger partial charge on any atom is 0.237 e. The number of hydrogen-bond acceptors (Lipinski definition) is 5. The average Bonchev–Trinajstić information content (AvgIpc) is 2.68. The van der Waals surface area contributed by atoms with Gasteiger partial charge in [-0.3, -0.25) is 0 Å². The summed E-state index contributed by atoms with van der Waals surface area (Å²) in [6, 6.07) is 2.09. The van der Waals surface area contributed by atoms with Crippen molar-refractivity contribution in [3.63, 3.8) is 0 Å². The fraction of sp³-hybridized carbons (Fsp3) is 0.667. The van der Waals surface area contributed by atoms with Gasteiger partial charge in [0, 0.05) is 13.1 Å². The van der Waals surface area contributed by atoms with Crippen LogP contribution >= 0.6 is 11.5 Å². The molecule has 5 heteroatoms. The molecule has 1 aliphatic rings. The molecular weight excluding hydrogens is 196 g/mol. The summed E-state index contributed by atoms with van der Waals surface area (Å²) in [7, 11) is 0. The van der Waals surface area contributed by atoms with Crippen LogP contribution in [0.5, 0.6) is 0 Å². The number of hydrogen-bond donors (Lipinski definition) is 0. The molecule has 1 aromatic rings. The average molecular weight is 208 g/mol. The fourth-order valence-corrected chi connectivity index (χ4v) is 2.20. The minimum absolute atomic E-state index is 0.380. The van der Waals surface area contributed by atoms with Gasteiger partial charge in [-0.1, -0.05) is 0 Å². The molecule has 2 heterocycles. The van der Waals surface area contributed by atoms with Gasteiger partial charge < -0.3 is 4.90 Å². The summed E-state index contributed by atoms with van der Waals surface area (Å²) in [6.45, 7) is 2.12. The number of rotatable bonds is 2. The lowest BCUT2D eigenvalue weighted by molar-refractivity contribution is 0.570. The second-order valence-electron chi connectivity index (χ2n) is 3.37. The van der Waals surface area contributed by atoms with Crippen LogP contribution in [0.1, 0.15) is 24.3 Å². The Morgan fingerprint density at radius 3 is 2.86 bits per heavy atom. The lowest BCUT2D eigenvalue weighted by Gasteiger charge is -2.24. The van der Waals surface area contributed by atoms with E-state index in [4.69, 9.17) is 5.26 Å². The molecule has 0 unspecified atom stereocenters. The van der Waals surface area contributed by atoms with Crippen molar-refractivity contribution in [1.82, 2.24) is 9.36 Å². The van der Waals surface area contributed by atoms with Crippen LogP contribution in [0.3, 0.4) is 0 Å². The maximum atomic E-state index is 8.51. The van der Waals surface area contributed by atoms with Crippen LogP contribution in [0.4, 0.5) is 5.95 Å². The SMILES string of the molecule is N#CCc1nc(N2CCCCC2)ns1. The van der Waals surface area contributed by atoms with Crippen molar-refractivity contribution in [1.29, 1.82) is 5.26 Å². The minimum Gasteiger partial charge on any atom is -0.340 e. The van der Waals surface area contributed by atoms with E-state index in [1.807, 2.05) is 0 Å². The molecule has 1 aliphatic heterocycles. The predicted octanol–water partition coefficient (Wildman–Crippen LogP) is 1.59. The van der Waals surface area contributed by atoms with E-state index in [9.17, 15) is 0 Å². The highest BCUT2D eigenvalue weighted by Gasteiger charge is 2.15. The standard InChI is InChI=1S/C9H12N4S/c10-5-4-8-11-9(12-14-8)13-6-2-1-3-7-13/h1-4,6-7H2. The zero-order chi connectivity index (χ0) is 9.80. The third kappa shape index (κ3) is 2.02. The van der Waals surface area contributed by atoms with E-state index in [2.05, 4.69) is 20.3 Å². The van der Waals surface area contributed by atoms with Crippen molar-refractivity contribution in [2.24, 2.45) is 0 Å². The van der Waals surface area contributed by atoms with Gasteiger partial charge in [0.25, 0.3) is 0 Å². The van der Waals surface area contributed by atoms with Crippen molar-refractivity contribution in [3.8, 4) is 6.07 Å². The van der Waals surface area contributed by atoms with Crippen LogP contribution in [0.15, 0.2) is 0 Å². The van der Waals surface area contributed by atoms with E-state index in [1.54, 1.807) is 0 Å². The highest BCUT2D eigenvalue weighted by atomic mass is 32.1. The zero-order valence-corrected chi connectivity index (χ0v) is 8.76. The predicted molar refractivity (Wildman–Crippen MR) is 55.3 cm³/mol. The van der Waals surface area contributed by atoms with E-state index < -0.39 is 0 Å². The van der Waals surface area contributed by atoms with Crippen LogP contribution in [0, 0.1) is 11.3 Å². The number of aromatic nitrogens is 2. The van der Waals surface area contributed by atoms with Crippen LogP contribution in [0.2, 0.25) is 0 Å². The van der Waals surface area contributed by atoms with Gasteiger partial charge in [0.15, 0.2) is 0 Å². The van der Waals surface area contributed by atoms with Crippen LogP contribution in [-0.4, -0.2) is 22.4 Å². The molecule has 0 N–H and O–H groups in total. The van der Waals surface area contributed by atoms with Crippen molar-refractivity contribution in [2.45, 2.75) is 25.7 Å². The van der Waals surface area contributed by atoms with Gasteiger partial charge in [0.05, 0.1) is 12.5 Å². The summed E-state index contributed by atoms with van der Waals surface area (Å²) < 4.78 is 4.26. The molecule has 0 radical (unpaired) electrons. The van der Waals surface area contributed by atoms with Gasteiger partial charge in [-0.2, -0.15) is 9.64 Å². The smallest absolute Gasteiger partial charge is 0.237 e. The first-order chi connectivity index (χ1) is 6.90. The van der Waals surface area contributed by atoms with Crippen LogP contribution < -0.4 is 4.90 Å². The first-order valence-electron chi connectivity index (χ1n) is 4.84. The van der Waals surface area contributed by atoms with E-state index >= 15 is 0 Å². The highest BCUT2D eigenvalue weighted by molar-refractivity contribution is 7.05. The molecule has 1 fully saturated rings. The van der Waals surface area contributed by atoms with Gasteiger partial charge in [-0.25, -0.2) is 4.98 Å².